The number of hydrogen-bond acceptors (Lipinski definition) is 4. The molecule has 6 heteroatoms. The summed E-state index contributed by atoms with van der Waals surface area (Å²) in [6, 6.07) is 0. The second kappa shape index (κ2) is 7.47. The second-order valence-electron chi connectivity index (χ2n) is 4.20. The summed E-state index contributed by atoms with van der Waals surface area (Å²) in [5, 5.41) is 2.50. The minimum Gasteiger partial charge on any atom is -0.382 e. The van der Waals surface area contributed by atoms with Gasteiger partial charge in [0.05, 0.1) is 6.33 Å². The fraction of sp³-hybridized carbons (Fsp3) is 0.583. The molecule has 0 atom stereocenters. The van der Waals surface area contributed by atoms with E-state index in [0.29, 0.717) is 6.42 Å². The van der Waals surface area contributed by atoms with Crippen LogP contribution < -0.4 is 16.6 Å². The molecule has 0 saturated heterocycles. The van der Waals surface area contributed by atoms with Crippen LogP contribution in [-0.2, 0) is 4.79 Å². The smallest absolute Gasteiger partial charge is 0.276 e. The van der Waals surface area contributed by atoms with Gasteiger partial charge in [0.25, 0.3) is 5.56 Å². The molecule has 18 heavy (non-hydrogen) atoms. The van der Waals surface area contributed by atoms with Gasteiger partial charge in [0, 0.05) is 6.42 Å². The van der Waals surface area contributed by atoms with E-state index in [1.54, 1.807) is 0 Å². The highest BCUT2D eigenvalue weighted by atomic mass is 16.2. The van der Waals surface area contributed by atoms with E-state index in [-0.39, 0.29) is 17.4 Å². The van der Waals surface area contributed by atoms with Crippen LogP contribution in [0, 0.1) is 0 Å². The molecular weight excluding hydrogens is 232 g/mol. The van der Waals surface area contributed by atoms with Crippen LogP contribution in [0.4, 0.5) is 11.5 Å². The average molecular weight is 252 g/mol. The van der Waals surface area contributed by atoms with Gasteiger partial charge in [0.1, 0.15) is 5.69 Å². The summed E-state index contributed by atoms with van der Waals surface area (Å²) in [7, 11) is 0. The standard InChI is InChI=1S/C12H20N4O2/c1-2-3-4-5-6-7-9(17)16-10-11(13)14-8-15-12(10)18/h8H,2-7H2,1H3,(H,16,17)(H3,13,14,15,18). The molecule has 1 amide bonds. The highest BCUT2D eigenvalue weighted by Crippen LogP contribution is 2.09. The number of carbonyl (C=O) groups excluding carboxylic acids is 1. The van der Waals surface area contributed by atoms with Crippen LogP contribution in [0.5, 0.6) is 0 Å². The Morgan fingerprint density at radius 2 is 2.11 bits per heavy atom. The predicted molar refractivity (Wildman–Crippen MR) is 71.3 cm³/mol. The van der Waals surface area contributed by atoms with Crippen LogP contribution in [0.2, 0.25) is 0 Å². The molecule has 0 saturated carbocycles. The van der Waals surface area contributed by atoms with Crippen LogP contribution >= 0.6 is 0 Å². The predicted octanol–water partition coefficient (Wildman–Crippen LogP) is 1.65. The van der Waals surface area contributed by atoms with Crippen molar-refractivity contribution in [3.8, 4) is 0 Å². The van der Waals surface area contributed by atoms with Gasteiger partial charge in [-0.1, -0.05) is 32.6 Å². The van der Waals surface area contributed by atoms with E-state index in [0.717, 1.165) is 19.3 Å². The number of unbranched alkanes of at least 4 members (excludes halogenated alkanes) is 4. The number of rotatable bonds is 7. The third-order valence-electron chi connectivity index (χ3n) is 2.65. The minimum atomic E-state index is -0.429. The highest BCUT2D eigenvalue weighted by molar-refractivity contribution is 5.92. The molecule has 1 aromatic heterocycles. The van der Waals surface area contributed by atoms with Crippen molar-refractivity contribution in [2.24, 2.45) is 0 Å². The number of carbonyl (C=O) groups is 1. The van der Waals surface area contributed by atoms with Gasteiger partial charge in [0.2, 0.25) is 5.91 Å². The zero-order valence-electron chi connectivity index (χ0n) is 10.7. The number of aromatic nitrogens is 2. The molecule has 0 unspecified atom stereocenters. The molecule has 0 fully saturated rings. The van der Waals surface area contributed by atoms with Gasteiger partial charge in [-0.15, -0.1) is 0 Å². The zero-order valence-corrected chi connectivity index (χ0v) is 10.7. The van der Waals surface area contributed by atoms with Gasteiger partial charge < -0.3 is 16.0 Å². The van der Waals surface area contributed by atoms with Crippen LogP contribution in [0.1, 0.15) is 45.4 Å². The Labute approximate surface area is 106 Å². The van der Waals surface area contributed by atoms with Crippen molar-refractivity contribution in [2.75, 3.05) is 11.1 Å². The van der Waals surface area contributed by atoms with Crippen molar-refractivity contribution in [3.63, 3.8) is 0 Å². The van der Waals surface area contributed by atoms with E-state index < -0.39 is 5.56 Å². The SMILES string of the molecule is CCCCCCCC(=O)Nc1c(N)nc[nH]c1=O. The van der Waals surface area contributed by atoms with Crippen molar-refractivity contribution in [1.29, 1.82) is 0 Å². The maximum atomic E-state index is 11.6. The van der Waals surface area contributed by atoms with E-state index in [2.05, 4.69) is 22.2 Å². The lowest BCUT2D eigenvalue weighted by Crippen LogP contribution is -2.21. The number of nitrogens with one attached hydrogen (secondary N) is 2. The van der Waals surface area contributed by atoms with Crippen molar-refractivity contribution in [2.45, 2.75) is 45.4 Å². The van der Waals surface area contributed by atoms with E-state index in [9.17, 15) is 9.59 Å². The maximum absolute atomic E-state index is 11.6. The summed E-state index contributed by atoms with van der Waals surface area (Å²) in [5.41, 5.74) is 5.13. The van der Waals surface area contributed by atoms with Crippen molar-refractivity contribution in [1.82, 2.24) is 9.97 Å². The molecule has 1 heterocycles. The van der Waals surface area contributed by atoms with Crippen LogP contribution in [0.25, 0.3) is 0 Å². The van der Waals surface area contributed by atoms with Crippen LogP contribution in [0.15, 0.2) is 11.1 Å². The minimum absolute atomic E-state index is 0.0380. The second-order valence-corrected chi connectivity index (χ2v) is 4.20. The first-order chi connectivity index (χ1) is 8.65. The van der Waals surface area contributed by atoms with Gasteiger partial charge in [-0.3, -0.25) is 9.59 Å². The van der Waals surface area contributed by atoms with Gasteiger partial charge in [-0.2, -0.15) is 0 Å². The summed E-state index contributed by atoms with van der Waals surface area (Å²) in [5.74, 6) is -0.158. The Balaban J connectivity index is 2.38. The molecular formula is C12H20N4O2. The average Bonchev–Trinajstić information content (AvgIpc) is 2.34. The molecule has 0 aliphatic heterocycles. The van der Waals surface area contributed by atoms with Gasteiger partial charge in [-0.25, -0.2) is 4.98 Å². The molecule has 100 valence electrons. The summed E-state index contributed by atoms with van der Waals surface area (Å²) >= 11 is 0. The number of amides is 1. The Morgan fingerprint density at radius 1 is 1.39 bits per heavy atom. The number of nitrogens with zero attached hydrogens (tertiary/aromatic N) is 1. The number of anilines is 2. The van der Waals surface area contributed by atoms with E-state index in [1.165, 1.54) is 19.2 Å². The Hall–Kier alpha value is -1.85. The van der Waals surface area contributed by atoms with Gasteiger partial charge in [-0.05, 0) is 6.42 Å². The summed E-state index contributed by atoms with van der Waals surface area (Å²) in [6.07, 6.45) is 6.96. The Kier molecular flexibility index (Phi) is 5.90. The third-order valence-corrected chi connectivity index (χ3v) is 2.65. The molecule has 4 N–H and O–H groups in total. The first kappa shape index (κ1) is 14.2. The van der Waals surface area contributed by atoms with E-state index in [1.807, 2.05) is 0 Å². The number of H-pyrrole nitrogens is 1. The van der Waals surface area contributed by atoms with Crippen molar-refractivity contribution >= 4 is 17.4 Å². The largest absolute Gasteiger partial charge is 0.382 e. The summed E-state index contributed by atoms with van der Waals surface area (Å²) in [4.78, 5) is 29.1. The molecule has 0 bridgehead atoms. The normalized spacial score (nSPS) is 10.3. The molecule has 6 nitrogen and oxygen atoms in total. The van der Waals surface area contributed by atoms with Crippen molar-refractivity contribution < 1.29 is 4.79 Å². The fourth-order valence-electron chi connectivity index (χ4n) is 1.63. The molecule has 0 aliphatic carbocycles. The fourth-order valence-corrected chi connectivity index (χ4v) is 1.63. The Bertz CT molecular complexity index is 442. The van der Waals surface area contributed by atoms with Crippen LogP contribution in [0.3, 0.4) is 0 Å². The third kappa shape index (κ3) is 4.57. The molecule has 0 aromatic carbocycles. The van der Waals surface area contributed by atoms with Gasteiger partial charge >= 0.3 is 0 Å². The van der Waals surface area contributed by atoms with E-state index in [4.69, 9.17) is 5.73 Å². The molecule has 1 aromatic rings. The van der Waals surface area contributed by atoms with Gasteiger partial charge in [0.15, 0.2) is 5.82 Å². The number of nitrogens with two attached hydrogens (primary N) is 1. The van der Waals surface area contributed by atoms with Crippen molar-refractivity contribution in [3.05, 3.63) is 16.7 Å². The zero-order chi connectivity index (χ0) is 13.4. The monoisotopic (exact) mass is 252 g/mol. The first-order valence-corrected chi connectivity index (χ1v) is 6.28. The highest BCUT2D eigenvalue weighted by Gasteiger charge is 2.09. The van der Waals surface area contributed by atoms with Crippen LogP contribution in [-0.4, -0.2) is 15.9 Å². The number of aromatic amines is 1. The topological polar surface area (TPSA) is 101 Å². The lowest BCUT2D eigenvalue weighted by molar-refractivity contribution is -0.116. The lowest BCUT2D eigenvalue weighted by Gasteiger charge is -2.05. The number of hydrogen-bond donors (Lipinski definition) is 3. The number of nitrogen functional groups attached to an aromatic ring is 1. The molecule has 0 aliphatic rings. The first-order valence-electron chi connectivity index (χ1n) is 6.28. The Morgan fingerprint density at radius 3 is 2.78 bits per heavy atom. The van der Waals surface area contributed by atoms with E-state index >= 15 is 0 Å². The summed E-state index contributed by atoms with van der Waals surface area (Å²) in [6.45, 7) is 2.14. The summed E-state index contributed by atoms with van der Waals surface area (Å²) < 4.78 is 0. The maximum Gasteiger partial charge on any atom is 0.276 e. The molecule has 1 rings (SSSR count). The quantitative estimate of drug-likeness (QED) is 0.642. The molecule has 0 radical (unpaired) electrons. The lowest BCUT2D eigenvalue weighted by atomic mass is 10.1. The molecule has 0 spiro atoms.